The molecule has 0 saturated heterocycles. The lowest BCUT2D eigenvalue weighted by Crippen LogP contribution is -2.30. The van der Waals surface area contributed by atoms with Gasteiger partial charge in [-0.05, 0) is 67.1 Å². The molecule has 0 aliphatic carbocycles. The Balaban J connectivity index is 1.24. The number of ether oxygens (including phenoxy) is 1. The number of thioether (sulfide) groups is 1. The van der Waals surface area contributed by atoms with Crippen molar-refractivity contribution in [3.8, 4) is 5.75 Å². The van der Waals surface area contributed by atoms with Gasteiger partial charge in [0.1, 0.15) is 11.4 Å². The zero-order valence-corrected chi connectivity index (χ0v) is 25.1. The number of rotatable bonds is 10. The summed E-state index contributed by atoms with van der Waals surface area (Å²) in [5.74, 6) is -0.179. The standard InChI is InChI=1S/C33H28N4O4S2/c1-21-11-13-22(14-12-21)17-28(35-31(39)23-7-4-3-5-8-23)32(40)34-24-9-6-10-26(18-24)42-20-30(38)37-33-36-27-16-15-25(41-2)19-29(27)43-33/h3-19H,20H2,1-2H3,(H,34,40)(H,35,39)(H,36,37,38)/b28-17-. The van der Waals surface area contributed by atoms with Crippen LogP contribution >= 0.6 is 23.1 Å². The molecule has 0 unspecified atom stereocenters. The maximum absolute atomic E-state index is 13.4. The second-order valence-electron chi connectivity index (χ2n) is 9.46. The first-order chi connectivity index (χ1) is 20.9. The van der Waals surface area contributed by atoms with Crippen molar-refractivity contribution < 1.29 is 19.1 Å². The average Bonchev–Trinajstić information content (AvgIpc) is 3.42. The van der Waals surface area contributed by atoms with Crippen LogP contribution in [0, 0.1) is 6.92 Å². The van der Waals surface area contributed by atoms with Crippen LogP contribution in [-0.2, 0) is 9.59 Å². The molecular formula is C33H28N4O4S2. The Bertz CT molecular complexity index is 1800. The molecule has 5 aromatic rings. The van der Waals surface area contributed by atoms with Crippen LogP contribution in [0.5, 0.6) is 5.75 Å². The number of thiazole rings is 1. The molecule has 3 N–H and O–H groups in total. The van der Waals surface area contributed by atoms with Crippen LogP contribution in [0.2, 0.25) is 0 Å². The van der Waals surface area contributed by atoms with Crippen molar-refractivity contribution in [3.05, 3.63) is 119 Å². The van der Waals surface area contributed by atoms with Crippen molar-refractivity contribution in [2.45, 2.75) is 11.8 Å². The Kier molecular flexibility index (Phi) is 9.50. The number of carbonyl (C=O) groups is 3. The highest BCUT2D eigenvalue weighted by molar-refractivity contribution is 8.00. The largest absolute Gasteiger partial charge is 0.497 e. The van der Waals surface area contributed by atoms with Crippen molar-refractivity contribution in [2.24, 2.45) is 0 Å². The number of aromatic nitrogens is 1. The number of amides is 3. The molecule has 0 spiro atoms. The quantitative estimate of drug-likeness (QED) is 0.120. The number of carbonyl (C=O) groups excluding carboxylic acids is 3. The van der Waals surface area contributed by atoms with Crippen LogP contribution in [-0.4, -0.2) is 35.6 Å². The Labute approximate surface area is 257 Å². The predicted molar refractivity (Wildman–Crippen MR) is 174 cm³/mol. The minimum Gasteiger partial charge on any atom is -0.497 e. The molecule has 1 aromatic heterocycles. The minimum absolute atomic E-state index is 0.101. The molecule has 0 atom stereocenters. The van der Waals surface area contributed by atoms with E-state index in [0.29, 0.717) is 16.4 Å². The van der Waals surface area contributed by atoms with Crippen LogP contribution in [0.15, 0.2) is 108 Å². The van der Waals surface area contributed by atoms with E-state index in [-0.39, 0.29) is 17.4 Å². The van der Waals surface area contributed by atoms with Gasteiger partial charge >= 0.3 is 0 Å². The van der Waals surface area contributed by atoms with Gasteiger partial charge in [0.05, 0.1) is 23.1 Å². The van der Waals surface area contributed by atoms with Gasteiger partial charge in [-0.1, -0.05) is 65.4 Å². The summed E-state index contributed by atoms with van der Waals surface area (Å²) in [4.78, 5) is 44.1. The van der Waals surface area contributed by atoms with Crippen molar-refractivity contribution >= 4 is 67.9 Å². The van der Waals surface area contributed by atoms with E-state index in [4.69, 9.17) is 4.74 Å². The first-order valence-electron chi connectivity index (χ1n) is 13.3. The van der Waals surface area contributed by atoms with E-state index in [0.717, 1.165) is 32.0 Å². The maximum atomic E-state index is 13.4. The number of hydrogen-bond donors (Lipinski definition) is 3. The fraction of sp³-hybridized carbons (Fsp3) is 0.0909. The Morgan fingerprint density at radius 3 is 2.47 bits per heavy atom. The molecule has 0 aliphatic heterocycles. The highest BCUT2D eigenvalue weighted by Crippen LogP contribution is 2.29. The fourth-order valence-electron chi connectivity index (χ4n) is 4.02. The van der Waals surface area contributed by atoms with Crippen molar-refractivity contribution in [3.63, 3.8) is 0 Å². The van der Waals surface area contributed by atoms with Gasteiger partial charge in [-0.15, -0.1) is 11.8 Å². The molecule has 3 amide bonds. The van der Waals surface area contributed by atoms with E-state index in [9.17, 15) is 14.4 Å². The molecule has 4 aromatic carbocycles. The van der Waals surface area contributed by atoms with E-state index in [2.05, 4.69) is 20.9 Å². The van der Waals surface area contributed by atoms with Crippen LogP contribution in [0.1, 0.15) is 21.5 Å². The molecule has 1 heterocycles. The number of fused-ring (bicyclic) bond motifs is 1. The van der Waals surface area contributed by atoms with Crippen molar-refractivity contribution in [1.29, 1.82) is 0 Å². The number of anilines is 2. The van der Waals surface area contributed by atoms with Gasteiger partial charge in [-0.25, -0.2) is 4.98 Å². The molecule has 5 rings (SSSR count). The lowest BCUT2D eigenvalue weighted by Gasteiger charge is -2.12. The van der Waals surface area contributed by atoms with Gasteiger partial charge in [0, 0.05) is 16.1 Å². The number of aryl methyl sites for hydroxylation is 1. The lowest BCUT2D eigenvalue weighted by atomic mass is 10.1. The normalized spacial score (nSPS) is 11.2. The van der Waals surface area contributed by atoms with Gasteiger partial charge in [0.15, 0.2) is 5.13 Å². The van der Waals surface area contributed by atoms with Crippen LogP contribution in [0.3, 0.4) is 0 Å². The molecule has 8 nitrogen and oxygen atoms in total. The summed E-state index contributed by atoms with van der Waals surface area (Å²) in [6.45, 7) is 1.98. The summed E-state index contributed by atoms with van der Waals surface area (Å²) < 4.78 is 6.17. The zero-order valence-electron chi connectivity index (χ0n) is 23.4. The minimum atomic E-state index is -0.475. The molecule has 43 heavy (non-hydrogen) atoms. The number of nitrogens with one attached hydrogen (secondary N) is 3. The summed E-state index contributed by atoms with van der Waals surface area (Å²) >= 11 is 2.71. The third-order valence-corrected chi connectivity index (χ3v) is 8.15. The zero-order chi connectivity index (χ0) is 30.2. The summed E-state index contributed by atoms with van der Waals surface area (Å²) in [5.41, 5.74) is 3.70. The SMILES string of the molecule is COc1ccc2nc(NC(=O)CSc3cccc(NC(=O)/C(=C/c4ccc(C)cc4)NC(=O)c4ccccc4)c3)sc2c1. The molecule has 0 aliphatic rings. The second kappa shape index (κ2) is 13.8. The molecule has 216 valence electrons. The summed E-state index contributed by atoms with van der Waals surface area (Å²) in [5, 5.41) is 8.98. The van der Waals surface area contributed by atoms with Crippen LogP contribution in [0.25, 0.3) is 16.3 Å². The smallest absolute Gasteiger partial charge is 0.272 e. The third-order valence-electron chi connectivity index (χ3n) is 6.22. The Morgan fingerprint density at radius 2 is 1.70 bits per heavy atom. The van der Waals surface area contributed by atoms with E-state index in [1.54, 1.807) is 55.7 Å². The highest BCUT2D eigenvalue weighted by atomic mass is 32.2. The van der Waals surface area contributed by atoms with Crippen LogP contribution < -0.4 is 20.7 Å². The number of benzene rings is 4. The molecule has 0 radical (unpaired) electrons. The van der Waals surface area contributed by atoms with Crippen molar-refractivity contribution in [2.75, 3.05) is 23.5 Å². The van der Waals surface area contributed by atoms with Gasteiger partial charge in [-0.3, -0.25) is 14.4 Å². The lowest BCUT2D eigenvalue weighted by molar-refractivity contribution is -0.114. The Hall–Kier alpha value is -4.93. The van der Waals surface area contributed by atoms with E-state index < -0.39 is 11.8 Å². The predicted octanol–water partition coefficient (Wildman–Crippen LogP) is 6.75. The third kappa shape index (κ3) is 8.09. The van der Waals surface area contributed by atoms with Gasteiger partial charge in [0.25, 0.3) is 11.8 Å². The number of hydrogen-bond acceptors (Lipinski definition) is 7. The molecule has 0 fully saturated rings. The number of nitrogens with zero attached hydrogens (tertiary/aromatic N) is 1. The van der Waals surface area contributed by atoms with Gasteiger partial charge < -0.3 is 20.7 Å². The average molecular weight is 609 g/mol. The molecule has 10 heteroatoms. The highest BCUT2D eigenvalue weighted by Gasteiger charge is 2.16. The van der Waals surface area contributed by atoms with E-state index >= 15 is 0 Å². The van der Waals surface area contributed by atoms with Crippen LogP contribution in [0.4, 0.5) is 10.8 Å². The summed E-state index contributed by atoms with van der Waals surface area (Å²) in [6, 6.07) is 29.1. The van der Waals surface area contributed by atoms with E-state index in [1.165, 1.54) is 23.1 Å². The molecule has 0 bridgehead atoms. The maximum Gasteiger partial charge on any atom is 0.272 e. The van der Waals surface area contributed by atoms with E-state index in [1.807, 2.05) is 61.5 Å². The topological polar surface area (TPSA) is 109 Å². The van der Waals surface area contributed by atoms with Crippen molar-refractivity contribution in [1.82, 2.24) is 10.3 Å². The Morgan fingerprint density at radius 1 is 0.907 bits per heavy atom. The number of methoxy groups -OCH3 is 1. The first-order valence-corrected chi connectivity index (χ1v) is 15.1. The van der Waals surface area contributed by atoms with Gasteiger partial charge in [0.2, 0.25) is 5.91 Å². The summed E-state index contributed by atoms with van der Waals surface area (Å²) in [6.07, 6.45) is 1.64. The first kappa shape index (κ1) is 29.6. The second-order valence-corrected chi connectivity index (χ2v) is 11.5. The molecule has 0 saturated carbocycles. The fourth-order valence-corrected chi connectivity index (χ4v) is 5.69. The van der Waals surface area contributed by atoms with Gasteiger partial charge in [-0.2, -0.15) is 0 Å². The monoisotopic (exact) mass is 608 g/mol. The molecular weight excluding hydrogens is 581 g/mol. The summed E-state index contributed by atoms with van der Waals surface area (Å²) in [7, 11) is 1.60.